The zero-order valence-corrected chi connectivity index (χ0v) is 9.89. The van der Waals surface area contributed by atoms with E-state index in [4.69, 9.17) is 9.78 Å². The maximum Gasteiger partial charge on any atom is 0.268 e. The van der Waals surface area contributed by atoms with Gasteiger partial charge in [0.25, 0.3) is 5.89 Å². The number of nitrogens with zero attached hydrogens (tertiary/aromatic N) is 4. The first-order chi connectivity index (χ1) is 8.86. The Morgan fingerprint density at radius 1 is 1.28 bits per heavy atom. The number of hydrogen-bond acceptors (Lipinski definition) is 6. The van der Waals surface area contributed by atoms with E-state index in [2.05, 4.69) is 21.2 Å². The molecule has 0 amide bonds. The van der Waals surface area contributed by atoms with Crippen molar-refractivity contribution in [2.45, 2.75) is 0 Å². The molecule has 6 heteroatoms. The molecule has 0 saturated carbocycles. The summed E-state index contributed by atoms with van der Waals surface area (Å²) in [7, 11) is 0. The summed E-state index contributed by atoms with van der Waals surface area (Å²) in [5.74, 6) is 0.908. The lowest BCUT2D eigenvalue weighted by atomic mass is 10.3. The second-order valence-electron chi connectivity index (χ2n) is 3.44. The van der Waals surface area contributed by atoms with E-state index < -0.39 is 0 Å². The molecule has 0 atom stereocenters. The molecule has 0 aliphatic carbocycles. The van der Waals surface area contributed by atoms with Crippen molar-refractivity contribution >= 4 is 11.3 Å². The van der Waals surface area contributed by atoms with Crippen LogP contribution in [0.2, 0.25) is 0 Å². The van der Waals surface area contributed by atoms with Gasteiger partial charge in [-0.2, -0.15) is 10.2 Å². The summed E-state index contributed by atoms with van der Waals surface area (Å²) in [6.45, 7) is 0. The Hall–Kier alpha value is -2.52. The minimum atomic E-state index is 0.417. The van der Waals surface area contributed by atoms with E-state index in [0.717, 1.165) is 10.4 Å². The van der Waals surface area contributed by atoms with Gasteiger partial charge in [-0.05, 0) is 24.3 Å². The molecule has 5 nitrogen and oxygen atoms in total. The second kappa shape index (κ2) is 4.39. The average molecular weight is 254 g/mol. The van der Waals surface area contributed by atoms with Gasteiger partial charge in [-0.1, -0.05) is 5.16 Å². The molecule has 0 aromatic carbocycles. The van der Waals surface area contributed by atoms with E-state index in [-0.39, 0.29) is 0 Å². The molecule has 0 fully saturated rings. The molecule has 0 aliphatic rings. The fraction of sp³-hybridized carbons (Fsp3) is 0. The number of pyridine rings is 1. The monoisotopic (exact) mass is 254 g/mol. The maximum absolute atomic E-state index is 8.77. The Labute approximate surface area is 106 Å². The van der Waals surface area contributed by atoms with Crippen LogP contribution in [-0.4, -0.2) is 15.1 Å². The summed E-state index contributed by atoms with van der Waals surface area (Å²) in [5, 5.41) is 12.7. The van der Waals surface area contributed by atoms with Crippen molar-refractivity contribution in [2.75, 3.05) is 0 Å². The van der Waals surface area contributed by atoms with Crippen molar-refractivity contribution in [3.63, 3.8) is 0 Å². The summed E-state index contributed by atoms with van der Waals surface area (Å²) in [5.41, 5.74) is 0.796. The van der Waals surface area contributed by atoms with Gasteiger partial charge in [0.2, 0.25) is 5.82 Å². The Morgan fingerprint density at radius 2 is 2.22 bits per heavy atom. The van der Waals surface area contributed by atoms with Crippen molar-refractivity contribution in [1.29, 1.82) is 5.26 Å². The molecule has 3 aromatic heterocycles. The van der Waals surface area contributed by atoms with Crippen LogP contribution in [0.25, 0.3) is 22.2 Å². The quantitative estimate of drug-likeness (QED) is 0.702. The number of aromatic nitrogens is 3. The van der Waals surface area contributed by atoms with Gasteiger partial charge in [0.05, 0.1) is 4.88 Å². The average Bonchev–Trinajstić information content (AvgIpc) is 3.08. The van der Waals surface area contributed by atoms with Crippen molar-refractivity contribution in [3.8, 4) is 28.2 Å². The van der Waals surface area contributed by atoms with Crippen molar-refractivity contribution in [1.82, 2.24) is 15.1 Å². The van der Waals surface area contributed by atoms with Crippen molar-refractivity contribution in [2.24, 2.45) is 0 Å². The molecule has 0 saturated heterocycles. The number of thiophene rings is 1. The van der Waals surface area contributed by atoms with Crippen molar-refractivity contribution < 1.29 is 4.52 Å². The highest BCUT2D eigenvalue weighted by Crippen LogP contribution is 2.27. The van der Waals surface area contributed by atoms with Crippen LogP contribution in [0.15, 0.2) is 41.2 Å². The van der Waals surface area contributed by atoms with Crippen LogP contribution in [0.1, 0.15) is 4.88 Å². The Bertz CT molecular complexity index is 711. The first kappa shape index (κ1) is 10.6. The molecule has 18 heavy (non-hydrogen) atoms. The summed E-state index contributed by atoms with van der Waals surface area (Å²) in [4.78, 5) is 9.68. The van der Waals surface area contributed by atoms with Crippen LogP contribution in [0.5, 0.6) is 0 Å². The third kappa shape index (κ3) is 1.87. The molecule has 3 rings (SSSR count). The van der Waals surface area contributed by atoms with Crippen LogP contribution in [0.3, 0.4) is 0 Å². The minimum absolute atomic E-state index is 0.417. The van der Waals surface area contributed by atoms with Gasteiger partial charge in [0, 0.05) is 18.0 Å². The topological polar surface area (TPSA) is 75.6 Å². The number of rotatable bonds is 2. The second-order valence-corrected chi connectivity index (χ2v) is 4.52. The third-order valence-electron chi connectivity index (χ3n) is 2.27. The Morgan fingerprint density at radius 3 is 2.94 bits per heavy atom. The smallest absolute Gasteiger partial charge is 0.268 e. The maximum atomic E-state index is 8.77. The van der Waals surface area contributed by atoms with Crippen LogP contribution in [-0.2, 0) is 0 Å². The lowest BCUT2D eigenvalue weighted by Gasteiger charge is -1.89. The van der Waals surface area contributed by atoms with Gasteiger partial charge >= 0.3 is 0 Å². The summed E-state index contributed by atoms with van der Waals surface area (Å²) < 4.78 is 5.18. The molecule has 0 radical (unpaired) electrons. The van der Waals surface area contributed by atoms with Crippen LogP contribution in [0, 0.1) is 11.3 Å². The van der Waals surface area contributed by atoms with Gasteiger partial charge in [-0.15, -0.1) is 11.3 Å². The summed E-state index contributed by atoms with van der Waals surface area (Å²) >= 11 is 1.32. The molecule has 0 N–H and O–H groups in total. The Kier molecular flexibility index (Phi) is 2.59. The fourth-order valence-electron chi connectivity index (χ4n) is 1.45. The van der Waals surface area contributed by atoms with E-state index in [9.17, 15) is 0 Å². The molecule has 86 valence electrons. The van der Waals surface area contributed by atoms with Crippen LogP contribution in [0.4, 0.5) is 0 Å². The summed E-state index contributed by atoms with van der Waals surface area (Å²) in [6, 6.07) is 9.27. The molecular formula is C12H6N4OS. The van der Waals surface area contributed by atoms with Gasteiger partial charge < -0.3 is 4.52 Å². The molecule has 3 aromatic rings. The first-order valence-electron chi connectivity index (χ1n) is 5.11. The predicted molar refractivity (Wildman–Crippen MR) is 65.6 cm³/mol. The van der Waals surface area contributed by atoms with Gasteiger partial charge in [0.1, 0.15) is 10.9 Å². The molecular weight excluding hydrogens is 248 g/mol. The fourth-order valence-corrected chi connectivity index (χ4v) is 2.17. The van der Waals surface area contributed by atoms with Gasteiger partial charge in [0.15, 0.2) is 0 Å². The molecule has 0 aliphatic heterocycles. The Balaban J connectivity index is 1.97. The summed E-state index contributed by atoms with van der Waals surface area (Å²) in [6.07, 6.45) is 3.35. The van der Waals surface area contributed by atoms with Gasteiger partial charge in [-0.25, -0.2) is 0 Å². The van der Waals surface area contributed by atoms with E-state index in [1.165, 1.54) is 11.3 Å². The molecule has 0 bridgehead atoms. The zero-order valence-electron chi connectivity index (χ0n) is 9.07. The highest BCUT2D eigenvalue weighted by Gasteiger charge is 2.12. The van der Waals surface area contributed by atoms with E-state index >= 15 is 0 Å². The largest absolute Gasteiger partial charge is 0.333 e. The van der Waals surface area contributed by atoms with Crippen LogP contribution < -0.4 is 0 Å². The minimum Gasteiger partial charge on any atom is -0.333 e. The van der Waals surface area contributed by atoms with E-state index in [0.29, 0.717) is 16.6 Å². The molecule has 3 heterocycles. The van der Waals surface area contributed by atoms with Crippen LogP contribution >= 0.6 is 11.3 Å². The SMILES string of the molecule is N#Cc1ccc(-c2nc(-c3cccnc3)no2)s1. The van der Waals surface area contributed by atoms with Crippen molar-refractivity contribution in [3.05, 3.63) is 41.5 Å². The molecule has 0 spiro atoms. The third-order valence-corrected chi connectivity index (χ3v) is 3.25. The normalized spacial score (nSPS) is 10.2. The highest BCUT2D eigenvalue weighted by atomic mass is 32.1. The number of nitriles is 1. The molecule has 0 unspecified atom stereocenters. The highest BCUT2D eigenvalue weighted by molar-refractivity contribution is 7.15. The predicted octanol–water partition coefficient (Wildman–Crippen LogP) is 2.73. The van der Waals surface area contributed by atoms with E-state index in [1.54, 1.807) is 24.5 Å². The lowest BCUT2D eigenvalue weighted by Crippen LogP contribution is -1.80. The standard InChI is InChI=1S/C12H6N4OS/c13-6-9-3-4-10(18-9)12-15-11(16-17-12)8-2-1-5-14-7-8/h1-5,7H. The zero-order chi connectivity index (χ0) is 12.4. The lowest BCUT2D eigenvalue weighted by molar-refractivity contribution is 0.433. The van der Waals surface area contributed by atoms with E-state index in [1.807, 2.05) is 12.1 Å². The number of hydrogen-bond donors (Lipinski definition) is 0. The first-order valence-corrected chi connectivity index (χ1v) is 5.93. The van der Waals surface area contributed by atoms with Gasteiger partial charge in [-0.3, -0.25) is 4.98 Å².